The van der Waals surface area contributed by atoms with E-state index in [9.17, 15) is 4.79 Å². The Hall–Kier alpha value is -1.35. The largest absolute Gasteiger partial charge is 0.359 e. The van der Waals surface area contributed by atoms with Crippen LogP contribution >= 0.6 is 0 Å². The van der Waals surface area contributed by atoms with Crippen molar-refractivity contribution >= 4 is 5.91 Å². The van der Waals surface area contributed by atoms with Crippen molar-refractivity contribution in [3.8, 4) is 0 Å². The van der Waals surface area contributed by atoms with Crippen molar-refractivity contribution in [1.82, 2.24) is 5.32 Å². The quantitative estimate of drug-likeness (QED) is 0.794. The van der Waals surface area contributed by atoms with E-state index in [-0.39, 0.29) is 11.9 Å². The van der Waals surface area contributed by atoms with Gasteiger partial charge in [0.05, 0.1) is 0 Å². The molecule has 0 radical (unpaired) electrons. The van der Waals surface area contributed by atoms with E-state index in [1.165, 1.54) is 5.56 Å². The SMILES string of the molecule is CCCc1ccc(C(N)CC(=O)NC)cc1. The minimum Gasteiger partial charge on any atom is -0.359 e. The predicted octanol–water partition coefficient (Wildman–Crippen LogP) is 1.77. The number of nitrogens with one attached hydrogen (secondary N) is 1. The van der Waals surface area contributed by atoms with Gasteiger partial charge in [-0.15, -0.1) is 0 Å². The lowest BCUT2D eigenvalue weighted by Gasteiger charge is -2.11. The molecule has 3 nitrogen and oxygen atoms in total. The molecule has 1 amide bonds. The Morgan fingerprint density at radius 1 is 1.38 bits per heavy atom. The van der Waals surface area contributed by atoms with E-state index in [2.05, 4.69) is 24.4 Å². The lowest BCUT2D eigenvalue weighted by Crippen LogP contribution is -2.24. The average molecular weight is 220 g/mol. The van der Waals surface area contributed by atoms with E-state index < -0.39 is 0 Å². The second-order valence-corrected chi connectivity index (χ2v) is 3.98. The zero-order valence-corrected chi connectivity index (χ0v) is 9.99. The topological polar surface area (TPSA) is 55.1 Å². The highest BCUT2D eigenvalue weighted by Crippen LogP contribution is 2.15. The van der Waals surface area contributed by atoms with Crippen molar-refractivity contribution in [2.45, 2.75) is 32.2 Å². The summed E-state index contributed by atoms with van der Waals surface area (Å²) >= 11 is 0. The zero-order valence-electron chi connectivity index (χ0n) is 9.99. The number of nitrogens with two attached hydrogens (primary N) is 1. The Morgan fingerprint density at radius 2 is 2.00 bits per heavy atom. The van der Waals surface area contributed by atoms with E-state index in [0.717, 1.165) is 18.4 Å². The summed E-state index contributed by atoms with van der Waals surface area (Å²) < 4.78 is 0. The highest BCUT2D eigenvalue weighted by atomic mass is 16.1. The molecule has 0 aliphatic rings. The van der Waals surface area contributed by atoms with Gasteiger partial charge in [0.25, 0.3) is 0 Å². The molecule has 1 rings (SSSR count). The van der Waals surface area contributed by atoms with Gasteiger partial charge in [0.2, 0.25) is 5.91 Å². The first-order valence-electron chi connectivity index (χ1n) is 5.72. The summed E-state index contributed by atoms with van der Waals surface area (Å²) in [6.45, 7) is 2.16. The van der Waals surface area contributed by atoms with Crippen LogP contribution in [-0.2, 0) is 11.2 Å². The first-order chi connectivity index (χ1) is 7.67. The number of amides is 1. The third-order valence-corrected chi connectivity index (χ3v) is 2.63. The number of hydrogen-bond donors (Lipinski definition) is 2. The maximum Gasteiger partial charge on any atom is 0.221 e. The van der Waals surface area contributed by atoms with Crippen LogP contribution in [0.3, 0.4) is 0 Å². The van der Waals surface area contributed by atoms with Crippen molar-refractivity contribution in [3.63, 3.8) is 0 Å². The maximum absolute atomic E-state index is 11.2. The van der Waals surface area contributed by atoms with Gasteiger partial charge in [-0.25, -0.2) is 0 Å². The molecule has 0 bridgehead atoms. The smallest absolute Gasteiger partial charge is 0.221 e. The molecule has 0 fully saturated rings. The summed E-state index contributed by atoms with van der Waals surface area (Å²) in [5, 5.41) is 2.58. The summed E-state index contributed by atoms with van der Waals surface area (Å²) in [7, 11) is 1.62. The second kappa shape index (κ2) is 6.28. The standard InChI is InChI=1S/C13H20N2O/c1-3-4-10-5-7-11(8-6-10)12(14)9-13(16)15-2/h5-8,12H,3-4,9,14H2,1-2H3,(H,15,16). The molecule has 3 N–H and O–H groups in total. The number of carbonyl (C=O) groups excluding carboxylic acids is 1. The van der Waals surface area contributed by atoms with Crippen LogP contribution in [0.2, 0.25) is 0 Å². The fraction of sp³-hybridized carbons (Fsp3) is 0.462. The first-order valence-corrected chi connectivity index (χ1v) is 5.72. The van der Waals surface area contributed by atoms with E-state index >= 15 is 0 Å². The van der Waals surface area contributed by atoms with Gasteiger partial charge in [-0.3, -0.25) is 4.79 Å². The van der Waals surface area contributed by atoms with Crippen molar-refractivity contribution < 1.29 is 4.79 Å². The monoisotopic (exact) mass is 220 g/mol. The lowest BCUT2D eigenvalue weighted by atomic mass is 10.0. The van der Waals surface area contributed by atoms with Crippen molar-refractivity contribution in [2.75, 3.05) is 7.05 Å². The van der Waals surface area contributed by atoms with Crippen LogP contribution < -0.4 is 11.1 Å². The molecule has 0 aliphatic carbocycles. The Bertz CT molecular complexity index is 332. The van der Waals surface area contributed by atoms with Gasteiger partial charge in [0.1, 0.15) is 0 Å². The number of aryl methyl sites for hydroxylation is 1. The summed E-state index contributed by atoms with van der Waals surface area (Å²) in [5.41, 5.74) is 8.27. The third kappa shape index (κ3) is 3.66. The molecule has 0 heterocycles. The molecule has 1 atom stereocenters. The Balaban J connectivity index is 2.62. The molecule has 1 aromatic carbocycles. The minimum absolute atomic E-state index is 0.0230. The van der Waals surface area contributed by atoms with Crippen LogP contribution in [0.25, 0.3) is 0 Å². The van der Waals surface area contributed by atoms with Gasteiger partial charge < -0.3 is 11.1 Å². The molecule has 0 aliphatic heterocycles. The van der Waals surface area contributed by atoms with Gasteiger partial charge in [0.15, 0.2) is 0 Å². The van der Waals surface area contributed by atoms with E-state index in [1.807, 2.05) is 12.1 Å². The Labute approximate surface area is 97.0 Å². The number of benzene rings is 1. The molecule has 88 valence electrons. The van der Waals surface area contributed by atoms with Gasteiger partial charge >= 0.3 is 0 Å². The molecular weight excluding hydrogens is 200 g/mol. The molecular formula is C13H20N2O. The molecule has 16 heavy (non-hydrogen) atoms. The second-order valence-electron chi connectivity index (χ2n) is 3.98. The van der Waals surface area contributed by atoms with E-state index in [4.69, 9.17) is 5.73 Å². The highest BCUT2D eigenvalue weighted by molar-refractivity contribution is 5.76. The van der Waals surface area contributed by atoms with Crippen molar-refractivity contribution in [1.29, 1.82) is 0 Å². The third-order valence-electron chi connectivity index (χ3n) is 2.63. The molecule has 3 heteroatoms. The van der Waals surface area contributed by atoms with E-state index in [0.29, 0.717) is 6.42 Å². The number of hydrogen-bond acceptors (Lipinski definition) is 2. The van der Waals surface area contributed by atoms with Crippen LogP contribution in [0.4, 0.5) is 0 Å². The van der Waals surface area contributed by atoms with Crippen LogP contribution in [0.1, 0.15) is 36.9 Å². The predicted molar refractivity (Wildman–Crippen MR) is 66.0 cm³/mol. The molecule has 0 aromatic heterocycles. The first kappa shape index (κ1) is 12.7. The number of carbonyl (C=O) groups is 1. The molecule has 0 spiro atoms. The van der Waals surface area contributed by atoms with Crippen molar-refractivity contribution in [2.24, 2.45) is 5.73 Å². The summed E-state index contributed by atoms with van der Waals surface area (Å²) in [6, 6.07) is 7.98. The number of rotatable bonds is 5. The van der Waals surface area contributed by atoms with Crippen LogP contribution in [0.5, 0.6) is 0 Å². The normalized spacial score (nSPS) is 12.2. The van der Waals surface area contributed by atoms with Gasteiger partial charge in [0, 0.05) is 19.5 Å². The Kier molecular flexibility index (Phi) is 4.99. The molecule has 0 saturated carbocycles. The lowest BCUT2D eigenvalue weighted by molar-refractivity contribution is -0.120. The van der Waals surface area contributed by atoms with Gasteiger partial charge in [-0.05, 0) is 17.5 Å². The maximum atomic E-state index is 11.2. The van der Waals surface area contributed by atoms with Crippen LogP contribution in [0.15, 0.2) is 24.3 Å². The molecule has 0 saturated heterocycles. The average Bonchev–Trinajstić information content (AvgIpc) is 2.30. The van der Waals surface area contributed by atoms with Crippen LogP contribution in [-0.4, -0.2) is 13.0 Å². The molecule has 1 unspecified atom stereocenters. The summed E-state index contributed by atoms with van der Waals surface area (Å²) in [6.07, 6.45) is 2.57. The fourth-order valence-corrected chi connectivity index (χ4v) is 1.64. The summed E-state index contributed by atoms with van der Waals surface area (Å²) in [5.74, 6) is -0.0230. The summed E-state index contributed by atoms with van der Waals surface area (Å²) in [4.78, 5) is 11.2. The minimum atomic E-state index is -0.212. The fourth-order valence-electron chi connectivity index (χ4n) is 1.64. The zero-order chi connectivity index (χ0) is 12.0. The highest BCUT2D eigenvalue weighted by Gasteiger charge is 2.09. The Morgan fingerprint density at radius 3 is 2.50 bits per heavy atom. The van der Waals surface area contributed by atoms with Crippen LogP contribution in [0, 0.1) is 0 Å². The van der Waals surface area contributed by atoms with Gasteiger partial charge in [-0.2, -0.15) is 0 Å². The van der Waals surface area contributed by atoms with Crippen molar-refractivity contribution in [3.05, 3.63) is 35.4 Å². The van der Waals surface area contributed by atoms with Gasteiger partial charge in [-0.1, -0.05) is 37.6 Å². The van der Waals surface area contributed by atoms with E-state index in [1.54, 1.807) is 7.05 Å². The molecule has 1 aromatic rings.